The molecule has 0 fully saturated rings. The number of hydrogen-bond acceptors (Lipinski definition) is 5. The smallest absolute Gasteiger partial charge is 0.155 e. The van der Waals surface area contributed by atoms with E-state index in [2.05, 4.69) is 14.3 Å². The van der Waals surface area contributed by atoms with Crippen molar-refractivity contribution in [2.45, 2.75) is 6.61 Å². The summed E-state index contributed by atoms with van der Waals surface area (Å²) in [4.78, 5) is 8.46. The molecule has 0 saturated carbocycles. The van der Waals surface area contributed by atoms with Gasteiger partial charge in [0.05, 0.1) is 11.0 Å². The largest absolute Gasteiger partial charge is 0.388 e. The van der Waals surface area contributed by atoms with Crippen LogP contribution in [0.2, 0.25) is 0 Å². The van der Waals surface area contributed by atoms with Gasteiger partial charge in [0.15, 0.2) is 5.82 Å². The second-order valence-corrected chi connectivity index (χ2v) is 3.83. The number of hydrogen-bond donors (Lipinski definition) is 1. The Morgan fingerprint density at radius 1 is 1.13 bits per heavy atom. The number of benzene rings is 1. The summed E-state index contributed by atoms with van der Waals surface area (Å²) in [5.74, 6) is 0.463. The average molecular weight is 217 g/mol. The summed E-state index contributed by atoms with van der Waals surface area (Å²) in [5, 5.41) is 11.9. The lowest BCUT2D eigenvalue weighted by atomic mass is 10.2. The summed E-state index contributed by atoms with van der Waals surface area (Å²) in [6.45, 7) is -0.126. The van der Waals surface area contributed by atoms with Gasteiger partial charge in [-0.1, -0.05) is 0 Å². The van der Waals surface area contributed by atoms with Crippen LogP contribution in [0.25, 0.3) is 21.9 Å². The quantitative estimate of drug-likeness (QED) is 0.674. The van der Waals surface area contributed by atoms with Crippen molar-refractivity contribution in [1.29, 1.82) is 0 Å². The number of aromatic nitrogens is 3. The third-order valence-electron chi connectivity index (χ3n) is 2.25. The van der Waals surface area contributed by atoms with Crippen LogP contribution in [0.1, 0.15) is 5.82 Å². The highest BCUT2D eigenvalue weighted by atomic mass is 32.1. The van der Waals surface area contributed by atoms with Crippen LogP contribution in [0.3, 0.4) is 0 Å². The van der Waals surface area contributed by atoms with Crippen molar-refractivity contribution >= 4 is 33.5 Å². The number of rotatable bonds is 1. The minimum Gasteiger partial charge on any atom is -0.388 e. The predicted molar refractivity (Wildman–Crippen MR) is 58.6 cm³/mol. The van der Waals surface area contributed by atoms with Gasteiger partial charge in [-0.05, 0) is 29.7 Å². The summed E-state index contributed by atoms with van der Waals surface area (Å²) in [6.07, 6.45) is 0. The number of nitrogens with zero attached hydrogens (tertiary/aromatic N) is 3. The molecule has 0 aliphatic heterocycles. The Kier molecular flexibility index (Phi) is 1.87. The molecule has 0 atom stereocenters. The van der Waals surface area contributed by atoms with Crippen molar-refractivity contribution in [2.75, 3.05) is 0 Å². The number of fused-ring (bicyclic) bond motifs is 3. The third-order valence-corrected chi connectivity index (χ3v) is 2.81. The van der Waals surface area contributed by atoms with Crippen LogP contribution in [0.4, 0.5) is 0 Å². The molecule has 1 aromatic carbocycles. The highest BCUT2D eigenvalue weighted by molar-refractivity contribution is 7.03. The molecule has 0 amide bonds. The summed E-state index contributed by atoms with van der Waals surface area (Å²) in [5.41, 5.74) is 2.54. The molecule has 1 N–H and O–H groups in total. The highest BCUT2D eigenvalue weighted by Gasteiger charge is 2.07. The number of aliphatic hydroxyl groups is 1. The first-order valence-electron chi connectivity index (χ1n) is 4.49. The fourth-order valence-electron chi connectivity index (χ4n) is 1.59. The summed E-state index contributed by atoms with van der Waals surface area (Å²) < 4.78 is 4.28. The molecule has 2 aromatic heterocycles. The van der Waals surface area contributed by atoms with Crippen molar-refractivity contribution in [3.8, 4) is 0 Å². The van der Waals surface area contributed by atoms with E-state index in [1.54, 1.807) is 0 Å². The van der Waals surface area contributed by atoms with Gasteiger partial charge < -0.3 is 5.11 Å². The van der Waals surface area contributed by atoms with E-state index >= 15 is 0 Å². The van der Waals surface area contributed by atoms with Gasteiger partial charge in [0.25, 0.3) is 0 Å². The predicted octanol–water partition coefficient (Wildman–Crippen LogP) is 1.73. The summed E-state index contributed by atoms with van der Waals surface area (Å²) in [6, 6.07) is 5.78. The van der Waals surface area contributed by atoms with Crippen molar-refractivity contribution in [3.63, 3.8) is 0 Å². The lowest BCUT2D eigenvalue weighted by molar-refractivity contribution is 0.273. The molecule has 4 nitrogen and oxygen atoms in total. The van der Waals surface area contributed by atoms with Gasteiger partial charge in [-0.2, -0.15) is 4.37 Å². The summed E-state index contributed by atoms with van der Waals surface area (Å²) in [7, 11) is 0. The molecule has 0 saturated heterocycles. The Labute approximate surface area is 89.4 Å². The molecule has 0 aliphatic rings. The van der Waals surface area contributed by atoms with Crippen LogP contribution < -0.4 is 0 Å². The standard InChI is InChI=1S/C10H7N3OS/c14-5-9-11-8-2-1-7-6(10(8)12-9)3-4-15-13-7/h1-4,14H,5H2. The molecular weight excluding hydrogens is 210 g/mol. The van der Waals surface area contributed by atoms with Crippen LogP contribution in [0.15, 0.2) is 23.6 Å². The Morgan fingerprint density at radius 3 is 2.87 bits per heavy atom. The zero-order chi connectivity index (χ0) is 10.3. The fraction of sp³-hybridized carbons (Fsp3) is 0.100. The van der Waals surface area contributed by atoms with Gasteiger partial charge in [-0.3, -0.25) is 0 Å². The molecular formula is C10H7N3OS. The molecule has 74 valence electrons. The van der Waals surface area contributed by atoms with E-state index in [9.17, 15) is 0 Å². The third kappa shape index (κ3) is 1.28. The van der Waals surface area contributed by atoms with Crippen molar-refractivity contribution < 1.29 is 5.11 Å². The maximum absolute atomic E-state index is 8.97. The van der Waals surface area contributed by atoms with Crippen molar-refractivity contribution in [2.24, 2.45) is 0 Å². The fourth-order valence-corrected chi connectivity index (χ4v) is 2.12. The SMILES string of the molecule is OCc1nc2ccc3nsccc3c2n1. The van der Waals surface area contributed by atoms with Crippen LogP contribution >= 0.6 is 11.5 Å². The Bertz CT molecular complexity index is 635. The van der Waals surface area contributed by atoms with Gasteiger partial charge in [-0.15, -0.1) is 0 Å². The van der Waals surface area contributed by atoms with E-state index in [0.29, 0.717) is 5.82 Å². The van der Waals surface area contributed by atoms with Gasteiger partial charge >= 0.3 is 0 Å². The first-order chi connectivity index (χ1) is 7.38. The Hall–Kier alpha value is -1.59. The van der Waals surface area contributed by atoms with E-state index in [1.165, 1.54) is 11.5 Å². The second kappa shape index (κ2) is 3.22. The van der Waals surface area contributed by atoms with Crippen LogP contribution in [0, 0.1) is 0 Å². The van der Waals surface area contributed by atoms with Crippen LogP contribution in [-0.2, 0) is 6.61 Å². The van der Waals surface area contributed by atoms with Crippen LogP contribution in [-0.4, -0.2) is 19.4 Å². The molecule has 0 radical (unpaired) electrons. The van der Waals surface area contributed by atoms with Crippen LogP contribution in [0.5, 0.6) is 0 Å². The van der Waals surface area contributed by atoms with Gasteiger partial charge in [0.2, 0.25) is 0 Å². The zero-order valence-electron chi connectivity index (χ0n) is 7.71. The maximum atomic E-state index is 8.97. The monoisotopic (exact) mass is 217 g/mol. The van der Waals surface area contributed by atoms with E-state index in [4.69, 9.17) is 5.11 Å². The number of aliphatic hydroxyl groups excluding tert-OH is 1. The molecule has 0 unspecified atom stereocenters. The highest BCUT2D eigenvalue weighted by Crippen LogP contribution is 2.22. The second-order valence-electron chi connectivity index (χ2n) is 3.16. The van der Waals surface area contributed by atoms with Gasteiger partial charge in [0, 0.05) is 10.8 Å². The molecule has 3 rings (SSSR count). The van der Waals surface area contributed by atoms with E-state index < -0.39 is 0 Å². The van der Waals surface area contributed by atoms with Crippen molar-refractivity contribution in [1.82, 2.24) is 14.3 Å². The Balaban J connectivity index is 2.47. The minimum absolute atomic E-state index is 0.126. The minimum atomic E-state index is -0.126. The molecule has 0 bridgehead atoms. The first-order valence-corrected chi connectivity index (χ1v) is 5.33. The first kappa shape index (κ1) is 8.70. The van der Waals surface area contributed by atoms with E-state index in [0.717, 1.165) is 21.9 Å². The van der Waals surface area contributed by atoms with Crippen molar-refractivity contribution in [3.05, 3.63) is 29.4 Å². The van der Waals surface area contributed by atoms with Gasteiger partial charge in [-0.25, -0.2) is 9.97 Å². The molecule has 3 aromatic rings. The van der Waals surface area contributed by atoms with E-state index in [1.807, 2.05) is 23.6 Å². The lowest BCUT2D eigenvalue weighted by Gasteiger charge is -1.94. The zero-order valence-corrected chi connectivity index (χ0v) is 8.53. The lowest BCUT2D eigenvalue weighted by Crippen LogP contribution is -1.83. The average Bonchev–Trinajstić information content (AvgIpc) is 2.72. The Morgan fingerprint density at radius 2 is 2.00 bits per heavy atom. The normalized spacial score (nSPS) is 11.3. The molecule has 0 spiro atoms. The molecule has 0 aliphatic carbocycles. The van der Waals surface area contributed by atoms with E-state index in [-0.39, 0.29) is 6.61 Å². The molecule has 15 heavy (non-hydrogen) atoms. The molecule has 2 heterocycles. The maximum Gasteiger partial charge on any atom is 0.155 e. The summed E-state index contributed by atoms with van der Waals surface area (Å²) >= 11 is 1.41. The topological polar surface area (TPSA) is 58.9 Å². The number of imidazole rings is 1. The van der Waals surface area contributed by atoms with Gasteiger partial charge in [0.1, 0.15) is 12.1 Å². The molecule has 5 heteroatoms.